The Balaban J connectivity index is 1.27. The Morgan fingerprint density at radius 2 is 1.62 bits per heavy atom. The predicted molar refractivity (Wildman–Crippen MR) is 146 cm³/mol. The van der Waals surface area contributed by atoms with E-state index in [4.69, 9.17) is 21.1 Å². The lowest BCUT2D eigenvalue weighted by Gasteiger charge is -2.37. The number of nitrogens with zero attached hydrogens (tertiary/aromatic N) is 4. The molecule has 8 nitrogen and oxygen atoms in total. The molecule has 2 heterocycles. The van der Waals surface area contributed by atoms with E-state index in [-0.39, 0.29) is 5.91 Å². The standard InChI is InChI=1S/C28H28ClN5O3/c1-36-25-12-11-20(29)19-24(25)33-14-16-34(17-15-33)27-23-10-6-5-9-22(23)26(31-32-27)28(35)30-13-18-37-21-7-3-2-4-8-21/h2-12,19H,13-18H2,1H3,(H,30,35). The van der Waals surface area contributed by atoms with Crippen LogP contribution in [0.15, 0.2) is 72.8 Å². The highest BCUT2D eigenvalue weighted by Crippen LogP contribution is 2.33. The van der Waals surface area contributed by atoms with Crippen LogP contribution < -0.4 is 24.6 Å². The van der Waals surface area contributed by atoms with Crippen LogP contribution in [0.1, 0.15) is 10.5 Å². The van der Waals surface area contributed by atoms with E-state index in [1.165, 1.54) is 0 Å². The van der Waals surface area contributed by atoms with Crippen LogP contribution in [0.5, 0.6) is 11.5 Å². The maximum Gasteiger partial charge on any atom is 0.272 e. The summed E-state index contributed by atoms with van der Waals surface area (Å²) in [6, 6.07) is 22.9. The number of fused-ring (bicyclic) bond motifs is 1. The van der Waals surface area contributed by atoms with E-state index < -0.39 is 0 Å². The molecule has 0 bridgehead atoms. The lowest BCUT2D eigenvalue weighted by atomic mass is 10.1. The minimum Gasteiger partial charge on any atom is -0.495 e. The van der Waals surface area contributed by atoms with Gasteiger partial charge in [-0.2, -0.15) is 0 Å². The van der Waals surface area contributed by atoms with Gasteiger partial charge in [-0.3, -0.25) is 4.79 Å². The Morgan fingerprint density at radius 3 is 2.38 bits per heavy atom. The molecule has 1 aliphatic rings. The number of nitrogens with one attached hydrogen (secondary N) is 1. The average Bonchev–Trinajstić information content (AvgIpc) is 2.95. The summed E-state index contributed by atoms with van der Waals surface area (Å²) in [5.74, 6) is 2.06. The van der Waals surface area contributed by atoms with Gasteiger partial charge < -0.3 is 24.6 Å². The fourth-order valence-electron chi connectivity index (χ4n) is 4.49. The average molecular weight is 518 g/mol. The third-order valence-corrected chi connectivity index (χ3v) is 6.58. The first-order valence-electron chi connectivity index (χ1n) is 12.2. The van der Waals surface area contributed by atoms with Gasteiger partial charge in [0, 0.05) is 42.0 Å². The number of amides is 1. The van der Waals surface area contributed by atoms with Gasteiger partial charge >= 0.3 is 0 Å². The van der Waals surface area contributed by atoms with Gasteiger partial charge in [0.15, 0.2) is 11.5 Å². The van der Waals surface area contributed by atoms with Crippen LogP contribution in [-0.4, -0.2) is 62.5 Å². The lowest BCUT2D eigenvalue weighted by Crippen LogP contribution is -2.47. The minimum atomic E-state index is -0.273. The zero-order valence-electron chi connectivity index (χ0n) is 20.6. The largest absolute Gasteiger partial charge is 0.495 e. The molecule has 0 aliphatic carbocycles. The Hall–Kier alpha value is -4.04. The molecule has 9 heteroatoms. The lowest BCUT2D eigenvalue weighted by molar-refractivity contribution is 0.0943. The molecule has 190 valence electrons. The van der Waals surface area contributed by atoms with Crippen molar-refractivity contribution in [2.24, 2.45) is 0 Å². The highest BCUT2D eigenvalue weighted by Gasteiger charge is 2.24. The number of benzene rings is 3. The molecule has 3 aromatic carbocycles. The van der Waals surface area contributed by atoms with Gasteiger partial charge in [-0.1, -0.05) is 54.1 Å². The van der Waals surface area contributed by atoms with Crippen molar-refractivity contribution in [3.63, 3.8) is 0 Å². The summed E-state index contributed by atoms with van der Waals surface area (Å²) >= 11 is 6.24. The SMILES string of the molecule is COc1ccc(Cl)cc1N1CCN(c2nnc(C(=O)NCCOc3ccccc3)c3ccccc23)CC1. The first-order chi connectivity index (χ1) is 18.1. The van der Waals surface area contributed by atoms with Crippen LogP contribution in [0.3, 0.4) is 0 Å². The molecule has 0 atom stereocenters. The molecule has 1 N–H and O–H groups in total. The smallest absolute Gasteiger partial charge is 0.272 e. The molecule has 0 radical (unpaired) electrons. The Morgan fingerprint density at radius 1 is 0.919 bits per heavy atom. The summed E-state index contributed by atoms with van der Waals surface area (Å²) in [5.41, 5.74) is 1.29. The number of anilines is 2. The maximum atomic E-state index is 12.9. The van der Waals surface area contributed by atoms with Gasteiger partial charge in [0.1, 0.15) is 18.1 Å². The number of carbonyl (C=O) groups excluding carboxylic acids is 1. The molecule has 1 aliphatic heterocycles. The van der Waals surface area contributed by atoms with Gasteiger partial charge in [-0.15, -0.1) is 10.2 Å². The van der Waals surface area contributed by atoms with E-state index in [2.05, 4.69) is 25.3 Å². The van der Waals surface area contributed by atoms with Crippen molar-refractivity contribution < 1.29 is 14.3 Å². The van der Waals surface area contributed by atoms with Crippen molar-refractivity contribution in [2.75, 3.05) is 56.2 Å². The zero-order valence-corrected chi connectivity index (χ0v) is 21.3. The van der Waals surface area contributed by atoms with Crippen LogP contribution in [0.25, 0.3) is 10.8 Å². The summed E-state index contributed by atoms with van der Waals surface area (Å²) in [4.78, 5) is 17.4. The molecule has 1 saturated heterocycles. The number of para-hydroxylation sites is 1. The van der Waals surface area contributed by atoms with E-state index in [1.807, 2.05) is 72.8 Å². The number of hydrogen-bond acceptors (Lipinski definition) is 7. The molecule has 0 spiro atoms. The minimum absolute atomic E-state index is 0.273. The summed E-state index contributed by atoms with van der Waals surface area (Å²) in [6.07, 6.45) is 0. The van der Waals surface area contributed by atoms with Gasteiger partial charge in [0.05, 0.1) is 19.3 Å². The fraction of sp³-hybridized carbons (Fsp3) is 0.250. The fourth-order valence-corrected chi connectivity index (χ4v) is 4.66. The molecular formula is C28H28ClN5O3. The molecule has 0 unspecified atom stereocenters. The number of hydrogen-bond donors (Lipinski definition) is 1. The molecule has 1 fully saturated rings. The monoisotopic (exact) mass is 517 g/mol. The number of carbonyl (C=O) groups is 1. The van der Waals surface area contributed by atoms with E-state index in [9.17, 15) is 4.79 Å². The highest BCUT2D eigenvalue weighted by molar-refractivity contribution is 6.31. The van der Waals surface area contributed by atoms with Crippen LogP contribution in [0, 0.1) is 0 Å². The van der Waals surface area contributed by atoms with Crippen molar-refractivity contribution in [3.8, 4) is 11.5 Å². The molecule has 37 heavy (non-hydrogen) atoms. The molecular weight excluding hydrogens is 490 g/mol. The zero-order chi connectivity index (χ0) is 25.6. The van der Waals surface area contributed by atoms with E-state index in [1.54, 1.807) is 7.11 Å². The molecule has 5 rings (SSSR count). The van der Waals surface area contributed by atoms with Crippen molar-refractivity contribution in [1.29, 1.82) is 0 Å². The number of ether oxygens (including phenoxy) is 2. The van der Waals surface area contributed by atoms with Crippen molar-refractivity contribution in [3.05, 3.63) is 83.5 Å². The van der Waals surface area contributed by atoms with Crippen molar-refractivity contribution >= 4 is 39.8 Å². The maximum absolute atomic E-state index is 12.9. The van der Waals surface area contributed by atoms with Gasteiger partial charge in [0.2, 0.25) is 0 Å². The summed E-state index contributed by atoms with van der Waals surface area (Å²) in [5, 5.41) is 14.1. The first kappa shape index (κ1) is 24.6. The Kier molecular flexibility index (Phi) is 7.56. The topological polar surface area (TPSA) is 79.8 Å². The van der Waals surface area contributed by atoms with Crippen LogP contribution in [0.4, 0.5) is 11.5 Å². The number of aromatic nitrogens is 2. The molecule has 1 aromatic heterocycles. The van der Waals surface area contributed by atoms with Gasteiger partial charge in [0.25, 0.3) is 5.91 Å². The van der Waals surface area contributed by atoms with Gasteiger partial charge in [-0.25, -0.2) is 0 Å². The number of halogens is 1. The first-order valence-corrected chi connectivity index (χ1v) is 12.6. The van der Waals surface area contributed by atoms with E-state index in [0.717, 1.165) is 60.0 Å². The van der Waals surface area contributed by atoms with Crippen LogP contribution in [-0.2, 0) is 0 Å². The van der Waals surface area contributed by atoms with Crippen molar-refractivity contribution in [2.45, 2.75) is 0 Å². The number of methoxy groups -OCH3 is 1. The van der Waals surface area contributed by atoms with Crippen molar-refractivity contribution in [1.82, 2.24) is 15.5 Å². The van der Waals surface area contributed by atoms with E-state index >= 15 is 0 Å². The summed E-state index contributed by atoms with van der Waals surface area (Å²) < 4.78 is 11.2. The normalized spacial score (nSPS) is 13.5. The molecule has 1 amide bonds. The van der Waals surface area contributed by atoms with Gasteiger partial charge in [-0.05, 0) is 30.3 Å². The van der Waals surface area contributed by atoms with Crippen LogP contribution >= 0.6 is 11.6 Å². The second-order valence-corrected chi connectivity index (χ2v) is 9.06. The Bertz CT molecular complexity index is 1380. The predicted octanol–water partition coefficient (Wildman–Crippen LogP) is 4.43. The number of piperazine rings is 1. The summed E-state index contributed by atoms with van der Waals surface area (Å²) in [6.45, 7) is 3.77. The Labute approximate surface area is 220 Å². The summed E-state index contributed by atoms with van der Waals surface area (Å²) in [7, 11) is 1.67. The molecule has 0 saturated carbocycles. The molecule has 4 aromatic rings. The number of rotatable bonds is 8. The second kappa shape index (κ2) is 11.3. The van der Waals surface area contributed by atoms with Crippen LogP contribution in [0.2, 0.25) is 5.02 Å². The third kappa shape index (κ3) is 5.54. The highest BCUT2D eigenvalue weighted by atomic mass is 35.5. The second-order valence-electron chi connectivity index (χ2n) is 8.63. The quantitative estimate of drug-likeness (QED) is 0.346. The third-order valence-electron chi connectivity index (χ3n) is 6.34. The van der Waals surface area contributed by atoms with E-state index in [0.29, 0.717) is 23.9 Å².